The van der Waals surface area contributed by atoms with Crippen LogP contribution in [0, 0.1) is 5.41 Å². The molecule has 1 aromatic rings. The van der Waals surface area contributed by atoms with Gasteiger partial charge in [0.15, 0.2) is 5.03 Å². The van der Waals surface area contributed by atoms with E-state index in [1.54, 1.807) is 10.8 Å². The highest BCUT2D eigenvalue weighted by molar-refractivity contribution is 7.89. The first-order valence-corrected chi connectivity index (χ1v) is 7.71. The fourth-order valence-corrected chi connectivity index (χ4v) is 3.08. The Kier molecular flexibility index (Phi) is 3.74. The molecular weight excluding hydrogens is 252 g/mol. The van der Waals surface area contributed by atoms with Crippen molar-refractivity contribution in [3.63, 3.8) is 0 Å². The van der Waals surface area contributed by atoms with Crippen LogP contribution in [0.2, 0.25) is 0 Å². The molecule has 1 aliphatic carbocycles. The minimum Gasteiger partial charge on any atom is -0.336 e. The van der Waals surface area contributed by atoms with Gasteiger partial charge in [-0.05, 0) is 38.1 Å². The molecule has 102 valence electrons. The van der Waals surface area contributed by atoms with Crippen molar-refractivity contribution in [1.82, 2.24) is 14.3 Å². The van der Waals surface area contributed by atoms with E-state index in [2.05, 4.69) is 9.71 Å². The summed E-state index contributed by atoms with van der Waals surface area (Å²) in [5.74, 6) is 0. The topological polar surface area (TPSA) is 90.0 Å². The summed E-state index contributed by atoms with van der Waals surface area (Å²) in [7, 11) is -3.48. The number of nitrogens with zero attached hydrogens (tertiary/aromatic N) is 2. The molecular formula is C11H20N4O2S. The van der Waals surface area contributed by atoms with Gasteiger partial charge in [-0.25, -0.2) is 18.1 Å². The first-order chi connectivity index (χ1) is 8.51. The van der Waals surface area contributed by atoms with Gasteiger partial charge in [0.25, 0.3) is 10.0 Å². The third-order valence-corrected chi connectivity index (χ3v) is 4.80. The third-order valence-electron chi connectivity index (χ3n) is 3.52. The average Bonchev–Trinajstić information content (AvgIpc) is 2.93. The van der Waals surface area contributed by atoms with Gasteiger partial charge in [-0.1, -0.05) is 0 Å². The molecule has 0 atom stereocenters. The molecule has 0 radical (unpaired) electrons. The first kappa shape index (κ1) is 13.5. The molecule has 0 aromatic carbocycles. The number of hydrogen-bond acceptors (Lipinski definition) is 4. The number of nitrogens with one attached hydrogen (secondary N) is 1. The van der Waals surface area contributed by atoms with Gasteiger partial charge in [0.1, 0.15) is 0 Å². The highest BCUT2D eigenvalue weighted by Gasteiger charge is 2.42. The van der Waals surface area contributed by atoms with E-state index >= 15 is 0 Å². The predicted octanol–water partition coefficient (Wildman–Crippen LogP) is 0.310. The minimum absolute atomic E-state index is 0.0906. The lowest BCUT2D eigenvalue weighted by Gasteiger charge is -2.14. The summed E-state index contributed by atoms with van der Waals surface area (Å²) in [6, 6.07) is 0. The lowest BCUT2D eigenvalue weighted by molar-refractivity contribution is 0.461. The number of aromatic nitrogens is 2. The fraction of sp³-hybridized carbons (Fsp3) is 0.727. The Morgan fingerprint density at radius 3 is 2.78 bits per heavy atom. The monoisotopic (exact) mass is 272 g/mol. The molecule has 0 amide bonds. The van der Waals surface area contributed by atoms with Crippen LogP contribution in [0.1, 0.15) is 26.2 Å². The van der Waals surface area contributed by atoms with E-state index in [0.717, 1.165) is 19.3 Å². The quantitative estimate of drug-likeness (QED) is 0.747. The molecule has 18 heavy (non-hydrogen) atoms. The van der Waals surface area contributed by atoms with E-state index in [1.165, 1.54) is 6.33 Å². The van der Waals surface area contributed by atoms with Crippen LogP contribution in [0.5, 0.6) is 0 Å². The van der Waals surface area contributed by atoms with Gasteiger partial charge in [-0.3, -0.25) is 0 Å². The molecule has 1 fully saturated rings. The summed E-state index contributed by atoms with van der Waals surface area (Å²) in [5, 5.41) is 0.0906. The summed E-state index contributed by atoms with van der Waals surface area (Å²) >= 11 is 0. The fourth-order valence-electron chi connectivity index (χ4n) is 1.97. The molecule has 1 saturated carbocycles. The zero-order chi connectivity index (χ0) is 13.2. The maximum Gasteiger partial charge on any atom is 0.259 e. The Morgan fingerprint density at radius 2 is 2.28 bits per heavy atom. The SMILES string of the molecule is CCn1cnc(S(=O)(=O)NCC2(CCN)CC2)c1. The van der Waals surface area contributed by atoms with Crippen LogP contribution in [-0.2, 0) is 16.6 Å². The van der Waals surface area contributed by atoms with Crippen LogP contribution in [0.25, 0.3) is 0 Å². The van der Waals surface area contributed by atoms with Crippen LogP contribution in [0.15, 0.2) is 17.6 Å². The number of hydrogen-bond donors (Lipinski definition) is 2. The summed E-state index contributed by atoms with van der Waals surface area (Å²) in [5.41, 5.74) is 5.63. The standard InChI is InChI=1S/C11H20N4O2S/c1-2-15-7-10(13-9-15)18(16,17)14-8-11(3-4-11)5-6-12/h7,9,14H,2-6,8,12H2,1H3. The van der Waals surface area contributed by atoms with Crippen molar-refractivity contribution in [1.29, 1.82) is 0 Å². The number of rotatable bonds is 7. The molecule has 0 aliphatic heterocycles. The zero-order valence-electron chi connectivity index (χ0n) is 10.6. The van der Waals surface area contributed by atoms with Crippen LogP contribution < -0.4 is 10.5 Å². The van der Waals surface area contributed by atoms with Gasteiger partial charge in [-0.15, -0.1) is 0 Å². The second-order valence-corrected chi connectivity index (χ2v) is 6.62. The Hall–Kier alpha value is -0.920. The predicted molar refractivity (Wildman–Crippen MR) is 68.4 cm³/mol. The van der Waals surface area contributed by atoms with Crippen LogP contribution in [0.3, 0.4) is 0 Å². The van der Waals surface area contributed by atoms with Crippen molar-refractivity contribution in [3.8, 4) is 0 Å². The Morgan fingerprint density at radius 1 is 1.56 bits per heavy atom. The Labute approximate surface area is 108 Å². The van der Waals surface area contributed by atoms with Crippen LogP contribution >= 0.6 is 0 Å². The van der Waals surface area contributed by atoms with Crippen molar-refractivity contribution in [2.75, 3.05) is 13.1 Å². The maximum atomic E-state index is 12.0. The smallest absolute Gasteiger partial charge is 0.259 e. The maximum absolute atomic E-state index is 12.0. The molecule has 0 spiro atoms. The molecule has 0 saturated heterocycles. The number of aryl methyl sites for hydroxylation is 1. The Bertz CT molecular complexity index is 505. The lowest BCUT2D eigenvalue weighted by Crippen LogP contribution is -2.31. The van der Waals surface area contributed by atoms with Gasteiger partial charge in [0.2, 0.25) is 0 Å². The Balaban J connectivity index is 1.99. The molecule has 2 rings (SSSR count). The lowest BCUT2D eigenvalue weighted by atomic mass is 10.0. The number of nitrogens with two attached hydrogens (primary N) is 1. The van der Waals surface area contributed by atoms with E-state index < -0.39 is 10.0 Å². The first-order valence-electron chi connectivity index (χ1n) is 6.23. The largest absolute Gasteiger partial charge is 0.336 e. The molecule has 0 bridgehead atoms. The normalized spacial score (nSPS) is 17.9. The number of sulfonamides is 1. The highest BCUT2D eigenvalue weighted by Crippen LogP contribution is 2.47. The molecule has 3 N–H and O–H groups in total. The van der Waals surface area contributed by atoms with Crippen molar-refractivity contribution >= 4 is 10.0 Å². The van der Waals surface area contributed by atoms with Gasteiger partial charge >= 0.3 is 0 Å². The van der Waals surface area contributed by atoms with E-state index in [-0.39, 0.29) is 10.4 Å². The molecule has 1 aliphatic rings. The van der Waals surface area contributed by atoms with Crippen molar-refractivity contribution < 1.29 is 8.42 Å². The van der Waals surface area contributed by atoms with Crippen molar-refractivity contribution in [2.45, 2.75) is 37.8 Å². The van der Waals surface area contributed by atoms with Crippen molar-refractivity contribution in [3.05, 3.63) is 12.5 Å². The molecule has 6 nitrogen and oxygen atoms in total. The number of imidazole rings is 1. The summed E-state index contributed by atoms with van der Waals surface area (Å²) < 4.78 is 28.4. The summed E-state index contributed by atoms with van der Waals surface area (Å²) in [4.78, 5) is 3.91. The molecule has 0 unspecified atom stereocenters. The average molecular weight is 272 g/mol. The van der Waals surface area contributed by atoms with Crippen molar-refractivity contribution in [2.24, 2.45) is 11.1 Å². The summed E-state index contributed by atoms with van der Waals surface area (Å²) in [6.07, 6.45) is 6.05. The molecule has 1 heterocycles. The third kappa shape index (κ3) is 2.90. The minimum atomic E-state index is -3.48. The van der Waals surface area contributed by atoms with Gasteiger partial charge < -0.3 is 10.3 Å². The summed E-state index contributed by atoms with van der Waals surface area (Å²) in [6.45, 7) is 3.71. The second kappa shape index (κ2) is 4.99. The molecule has 7 heteroatoms. The van der Waals surface area contributed by atoms with E-state index in [1.807, 2.05) is 6.92 Å². The van der Waals surface area contributed by atoms with E-state index in [0.29, 0.717) is 19.6 Å². The highest BCUT2D eigenvalue weighted by atomic mass is 32.2. The second-order valence-electron chi connectivity index (χ2n) is 4.91. The van der Waals surface area contributed by atoms with Gasteiger partial charge in [0.05, 0.1) is 6.33 Å². The van der Waals surface area contributed by atoms with Gasteiger partial charge in [0, 0.05) is 19.3 Å². The van der Waals surface area contributed by atoms with Gasteiger partial charge in [-0.2, -0.15) is 0 Å². The van der Waals surface area contributed by atoms with Crippen LogP contribution in [0.4, 0.5) is 0 Å². The van der Waals surface area contributed by atoms with E-state index in [9.17, 15) is 8.42 Å². The zero-order valence-corrected chi connectivity index (χ0v) is 11.4. The molecule has 1 aromatic heterocycles. The van der Waals surface area contributed by atoms with Crippen LogP contribution in [-0.4, -0.2) is 31.1 Å². The van der Waals surface area contributed by atoms with E-state index in [4.69, 9.17) is 5.73 Å².